The van der Waals surface area contributed by atoms with Crippen molar-refractivity contribution in [1.29, 1.82) is 0 Å². The van der Waals surface area contributed by atoms with E-state index in [1.165, 1.54) is 12.1 Å². The zero-order valence-electron chi connectivity index (χ0n) is 12.1. The van der Waals surface area contributed by atoms with E-state index in [0.717, 1.165) is 25.0 Å². The molecule has 1 heterocycles. The maximum atomic E-state index is 12.6. The molecule has 1 N–H and O–H groups in total. The molecule has 1 aromatic carbocycles. The Bertz CT molecular complexity index is 499. The van der Waals surface area contributed by atoms with Gasteiger partial charge in [-0.3, -0.25) is 10.1 Å². The first kappa shape index (κ1) is 15.8. The summed E-state index contributed by atoms with van der Waals surface area (Å²) in [7, 11) is 0. The summed E-state index contributed by atoms with van der Waals surface area (Å²) in [6.07, 6.45) is -2.86. The average Bonchev–Trinajstić information content (AvgIpc) is 2.72. The number of carbonyl (C=O) groups excluding carboxylic acids is 1. The van der Waals surface area contributed by atoms with Gasteiger partial charge >= 0.3 is 6.18 Å². The highest BCUT2D eigenvalue weighted by Crippen LogP contribution is 2.31. The number of nitrogens with zero attached hydrogens (tertiary/aromatic N) is 1. The van der Waals surface area contributed by atoms with Crippen LogP contribution in [0.2, 0.25) is 0 Å². The van der Waals surface area contributed by atoms with Crippen LogP contribution in [0.4, 0.5) is 13.2 Å². The van der Waals surface area contributed by atoms with Crippen molar-refractivity contribution in [2.45, 2.75) is 45.1 Å². The smallest absolute Gasteiger partial charge is 0.322 e. The number of unbranched alkanes of at least 4 members (excludes halogenated alkanes) is 1. The molecule has 0 bridgehead atoms. The molecule has 1 aromatic rings. The number of alkyl halides is 3. The van der Waals surface area contributed by atoms with Gasteiger partial charge in [-0.1, -0.05) is 25.5 Å². The van der Waals surface area contributed by atoms with Gasteiger partial charge < -0.3 is 4.90 Å². The standard InChI is InChI=1S/C15H19F3N2O/c1-3-4-9-20-13(19-10(2)14(20)21)11-5-7-12(8-6-11)15(16,17)18/h5-8,10,13,19H,3-4,9H2,1-2H3. The summed E-state index contributed by atoms with van der Waals surface area (Å²) < 4.78 is 37.8. The minimum atomic E-state index is -4.34. The fourth-order valence-electron chi connectivity index (χ4n) is 2.47. The Morgan fingerprint density at radius 1 is 1.24 bits per heavy atom. The van der Waals surface area contributed by atoms with Crippen molar-refractivity contribution >= 4 is 5.91 Å². The van der Waals surface area contributed by atoms with Gasteiger partial charge in [0.15, 0.2) is 0 Å². The van der Waals surface area contributed by atoms with Crippen LogP contribution >= 0.6 is 0 Å². The largest absolute Gasteiger partial charge is 0.416 e. The summed E-state index contributed by atoms with van der Waals surface area (Å²) in [5.41, 5.74) is 0.000494. The van der Waals surface area contributed by atoms with Crippen molar-refractivity contribution < 1.29 is 18.0 Å². The van der Waals surface area contributed by atoms with Gasteiger partial charge in [0.2, 0.25) is 5.91 Å². The molecule has 2 unspecified atom stereocenters. The van der Waals surface area contributed by atoms with E-state index in [1.807, 2.05) is 6.92 Å². The number of rotatable bonds is 4. The molecule has 6 heteroatoms. The van der Waals surface area contributed by atoms with Crippen LogP contribution in [0.1, 0.15) is 44.0 Å². The fraction of sp³-hybridized carbons (Fsp3) is 0.533. The molecular formula is C15H19F3N2O. The van der Waals surface area contributed by atoms with E-state index in [2.05, 4.69) is 5.32 Å². The molecule has 0 aliphatic carbocycles. The van der Waals surface area contributed by atoms with Crippen molar-refractivity contribution in [3.8, 4) is 0 Å². The summed E-state index contributed by atoms with van der Waals surface area (Å²) >= 11 is 0. The lowest BCUT2D eigenvalue weighted by Crippen LogP contribution is -2.31. The highest BCUT2D eigenvalue weighted by Gasteiger charge is 2.37. The van der Waals surface area contributed by atoms with E-state index in [9.17, 15) is 18.0 Å². The number of hydrogen-bond donors (Lipinski definition) is 1. The van der Waals surface area contributed by atoms with Gasteiger partial charge in [0, 0.05) is 6.54 Å². The van der Waals surface area contributed by atoms with Crippen molar-refractivity contribution in [2.24, 2.45) is 0 Å². The van der Waals surface area contributed by atoms with Crippen LogP contribution in [0.25, 0.3) is 0 Å². The summed E-state index contributed by atoms with van der Waals surface area (Å²) in [4.78, 5) is 13.8. The molecule has 21 heavy (non-hydrogen) atoms. The first-order chi connectivity index (χ1) is 9.84. The van der Waals surface area contributed by atoms with Crippen molar-refractivity contribution in [2.75, 3.05) is 6.54 Å². The first-order valence-electron chi connectivity index (χ1n) is 7.08. The molecule has 1 aliphatic rings. The molecule has 1 fully saturated rings. The van der Waals surface area contributed by atoms with Crippen LogP contribution in [-0.2, 0) is 11.0 Å². The van der Waals surface area contributed by atoms with Crippen LogP contribution < -0.4 is 5.32 Å². The van der Waals surface area contributed by atoms with Gasteiger partial charge in [0.05, 0.1) is 11.6 Å². The summed E-state index contributed by atoms with van der Waals surface area (Å²) in [5.74, 6) is -0.00616. The van der Waals surface area contributed by atoms with Crippen LogP contribution in [-0.4, -0.2) is 23.4 Å². The van der Waals surface area contributed by atoms with E-state index in [-0.39, 0.29) is 18.1 Å². The highest BCUT2D eigenvalue weighted by atomic mass is 19.4. The first-order valence-corrected chi connectivity index (χ1v) is 7.08. The van der Waals surface area contributed by atoms with Gasteiger partial charge in [0.25, 0.3) is 0 Å². The zero-order chi connectivity index (χ0) is 15.6. The Labute approximate surface area is 122 Å². The number of hydrogen-bond acceptors (Lipinski definition) is 2. The van der Waals surface area contributed by atoms with Crippen LogP contribution in [0.5, 0.6) is 0 Å². The molecule has 0 radical (unpaired) electrons. The number of amides is 1. The molecule has 3 nitrogen and oxygen atoms in total. The maximum absolute atomic E-state index is 12.6. The molecule has 2 atom stereocenters. The van der Waals surface area contributed by atoms with E-state index in [0.29, 0.717) is 12.1 Å². The number of halogens is 3. The van der Waals surface area contributed by atoms with Gasteiger partial charge in [-0.25, -0.2) is 0 Å². The molecule has 1 saturated heterocycles. The zero-order valence-corrected chi connectivity index (χ0v) is 12.1. The summed E-state index contributed by atoms with van der Waals surface area (Å²) in [6, 6.07) is 4.68. The third-order valence-corrected chi connectivity index (χ3v) is 3.68. The Morgan fingerprint density at radius 3 is 2.38 bits per heavy atom. The maximum Gasteiger partial charge on any atom is 0.416 e. The highest BCUT2D eigenvalue weighted by molar-refractivity contribution is 5.84. The molecule has 2 rings (SSSR count). The Balaban J connectivity index is 2.21. The molecule has 1 aliphatic heterocycles. The third kappa shape index (κ3) is 3.37. The Kier molecular flexibility index (Phi) is 4.56. The van der Waals surface area contributed by atoms with Crippen LogP contribution in [0, 0.1) is 0 Å². The molecule has 0 aromatic heterocycles. The second-order valence-corrected chi connectivity index (χ2v) is 5.30. The minimum Gasteiger partial charge on any atom is -0.322 e. The Morgan fingerprint density at radius 2 is 1.86 bits per heavy atom. The van der Waals surface area contributed by atoms with Crippen LogP contribution in [0.15, 0.2) is 24.3 Å². The summed E-state index contributed by atoms with van der Waals surface area (Å²) in [5, 5.41) is 3.13. The van der Waals surface area contributed by atoms with E-state index >= 15 is 0 Å². The van der Waals surface area contributed by atoms with E-state index in [1.54, 1.807) is 11.8 Å². The predicted molar refractivity (Wildman–Crippen MR) is 73.4 cm³/mol. The second kappa shape index (κ2) is 6.05. The lowest BCUT2D eigenvalue weighted by Gasteiger charge is -2.24. The number of carbonyl (C=O) groups is 1. The molecule has 0 spiro atoms. The van der Waals surface area contributed by atoms with E-state index < -0.39 is 11.7 Å². The van der Waals surface area contributed by atoms with Gasteiger partial charge in [-0.2, -0.15) is 13.2 Å². The summed E-state index contributed by atoms with van der Waals surface area (Å²) in [6.45, 7) is 4.41. The van der Waals surface area contributed by atoms with Crippen LogP contribution in [0.3, 0.4) is 0 Å². The minimum absolute atomic E-state index is 0.00616. The third-order valence-electron chi connectivity index (χ3n) is 3.68. The quantitative estimate of drug-likeness (QED) is 0.925. The predicted octanol–water partition coefficient (Wildman–Crippen LogP) is 3.32. The van der Waals surface area contributed by atoms with Gasteiger partial charge in [-0.05, 0) is 31.0 Å². The lowest BCUT2D eigenvalue weighted by molar-refractivity contribution is -0.137. The fourth-order valence-corrected chi connectivity index (χ4v) is 2.47. The second-order valence-electron chi connectivity index (χ2n) is 5.30. The molecule has 116 valence electrons. The van der Waals surface area contributed by atoms with Gasteiger partial charge in [-0.15, -0.1) is 0 Å². The van der Waals surface area contributed by atoms with E-state index in [4.69, 9.17) is 0 Å². The topological polar surface area (TPSA) is 32.3 Å². The van der Waals surface area contributed by atoms with Gasteiger partial charge in [0.1, 0.15) is 6.17 Å². The molecule has 0 saturated carbocycles. The lowest BCUT2D eigenvalue weighted by atomic mass is 10.1. The van der Waals surface area contributed by atoms with Crippen molar-refractivity contribution in [3.63, 3.8) is 0 Å². The van der Waals surface area contributed by atoms with Crippen molar-refractivity contribution in [3.05, 3.63) is 35.4 Å². The molecular weight excluding hydrogens is 281 g/mol. The number of nitrogens with one attached hydrogen (secondary N) is 1. The molecule has 1 amide bonds. The monoisotopic (exact) mass is 300 g/mol. The normalized spacial score (nSPS) is 22.9. The Hall–Kier alpha value is -1.56. The average molecular weight is 300 g/mol. The number of benzene rings is 1. The van der Waals surface area contributed by atoms with Crippen molar-refractivity contribution in [1.82, 2.24) is 10.2 Å². The SMILES string of the molecule is CCCCN1C(=O)C(C)NC1c1ccc(C(F)(F)F)cc1.